The van der Waals surface area contributed by atoms with Crippen molar-refractivity contribution < 1.29 is 8.83 Å². The van der Waals surface area contributed by atoms with Crippen LogP contribution in [0.15, 0.2) is 253 Å². The average molecular weight is 887 g/mol. The molecule has 12 aromatic rings. The van der Waals surface area contributed by atoms with Crippen LogP contribution >= 0.6 is 0 Å². The van der Waals surface area contributed by atoms with Crippen molar-refractivity contribution in [2.45, 2.75) is 0 Å². The largest absolute Gasteiger partial charge is 0.456 e. The Kier molecular flexibility index (Phi) is 10.4. The quantitative estimate of drug-likeness (QED) is 0.121. The minimum atomic E-state index is 0.427. The minimum absolute atomic E-state index is 0.427. The normalized spacial score (nSPS) is 12.5. The molecule has 4 heterocycles. The van der Waals surface area contributed by atoms with Crippen molar-refractivity contribution in [3.8, 4) is 33.9 Å². The lowest BCUT2D eigenvalue weighted by atomic mass is 9.98. The van der Waals surface area contributed by atoms with Crippen molar-refractivity contribution in [2.75, 3.05) is 0 Å². The molecular weight excluding hydrogens is 845 g/mol. The number of para-hydroxylation sites is 3. The molecule has 0 unspecified atom stereocenters. The summed E-state index contributed by atoms with van der Waals surface area (Å²) in [7, 11) is 0. The van der Waals surface area contributed by atoms with E-state index in [4.69, 9.17) is 30.4 Å². The van der Waals surface area contributed by atoms with Gasteiger partial charge in [-0.15, -0.1) is 0 Å². The fraction of sp³-hybridized carbons (Fsp3) is 0. The van der Waals surface area contributed by atoms with Crippen LogP contribution in [0.4, 0.5) is 0 Å². The van der Waals surface area contributed by atoms with Gasteiger partial charge in [0.2, 0.25) is 0 Å². The molecule has 0 spiro atoms. The van der Waals surface area contributed by atoms with Crippen LogP contribution in [0.25, 0.3) is 116 Å². The Labute approximate surface area is 398 Å². The maximum absolute atomic E-state index is 6.38. The molecule has 0 aliphatic rings. The van der Waals surface area contributed by atoms with Crippen molar-refractivity contribution in [1.82, 2.24) is 19.5 Å². The molecule has 6 nitrogen and oxygen atoms in total. The first kappa shape index (κ1) is 41.1. The molecule has 0 saturated heterocycles. The standard InChI is InChI=1S/C63H42N4O2/c1-3-4-5-6-13-29-54(67-53-30-17-14-25-46(53)52-39-44(35-37-55(52)67)42-21-9-7-10-22-42)51(43-23-11-8-12-24-43)38-41(2)61-64-62(45-34-36-48-47-26-15-18-31-56(47)69-59(48)40-45)66-63(65-61)50-28-20-33-58-60(50)49-27-16-19-32-57(49)68-58/h3-40H,1-2H2/b5-4-,13-6+,51-38-,54-29-. The van der Waals surface area contributed by atoms with Gasteiger partial charge in [-0.3, -0.25) is 0 Å². The van der Waals surface area contributed by atoms with Crippen molar-refractivity contribution >= 4 is 82.5 Å². The Bertz CT molecular complexity index is 4110. The lowest BCUT2D eigenvalue weighted by Crippen LogP contribution is -2.04. The van der Waals surface area contributed by atoms with E-state index in [1.807, 2.05) is 85.0 Å². The number of aromatic nitrogens is 4. The van der Waals surface area contributed by atoms with Crippen LogP contribution in [0, 0.1) is 0 Å². The first-order chi connectivity index (χ1) is 34.1. The number of nitrogens with zero attached hydrogens (tertiary/aromatic N) is 4. The third-order valence-corrected chi connectivity index (χ3v) is 12.6. The SMILES string of the molecule is C=C\C=C/C=C/C=C(/C(=C\C(=C)c1nc(-c2ccc3c(c2)oc2ccccc23)nc(-c2cccc3oc4ccccc4c23)n1)c1ccccc1)n1c2ccccc2c2cc(-c3ccccc3)ccc21. The van der Waals surface area contributed by atoms with Gasteiger partial charge in [-0.25, -0.2) is 15.0 Å². The molecule has 0 bridgehead atoms. The summed E-state index contributed by atoms with van der Waals surface area (Å²) in [4.78, 5) is 15.7. The number of furan rings is 2. The second kappa shape index (κ2) is 17.4. The van der Waals surface area contributed by atoms with Gasteiger partial charge in [-0.1, -0.05) is 183 Å². The van der Waals surface area contributed by atoms with Gasteiger partial charge in [0.05, 0.1) is 16.7 Å². The van der Waals surface area contributed by atoms with E-state index in [1.54, 1.807) is 6.08 Å². The molecule has 4 aromatic heterocycles. The van der Waals surface area contributed by atoms with Crippen LogP contribution in [0.3, 0.4) is 0 Å². The van der Waals surface area contributed by atoms with E-state index < -0.39 is 0 Å². The molecular formula is C63H42N4O2. The van der Waals surface area contributed by atoms with Crippen LogP contribution in [0.1, 0.15) is 11.4 Å². The van der Waals surface area contributed by atoms with E-state index in [2.05, 4.69) is 151 Å². The summed E-state index contributed by atoms with van der Waals surface area (Å²) in [5.74, 6) is 1.41. The van der Waals surface area contributed by atoms with Crippen LogP contribution in [-0.4, -0.2) is 19.5 Å². The Morgan fingerprint density at radius 2 is 1.10 bits per heavy atom. The zero-order valence-corrected chi connectivity index (χ0v) is 37.5. The predicted molar refractivity (Wildman–Crippen MR) is 286 cm³/mol. The number of allylic oxidation sites excluding steroid dienone is 10. The van der Waals surface area contributed by atoms with E-state index >= 15 is 0 Å². The van der Waals surface area contributed by atoms with Gasteiger partial charge >= 0.3 is 0 Å². The number of benzene rings is 8. The van der Waals surface area contributed by atoms with Gasteiger partial charge in [-0.05, 0) is 77.4 Å². The van der Waals surface area contributed by atoms with E-state index in [-0.39, 0.29) is 0 Å². The molecule has 69 heavy (non-hydrogen) atoms. The summed E-state index contributed by atoms with van der Waals surface area (Å²) in [6.45, 7) is 8.63. The highest BCUT2D eigenvalue weighted by atomic mass is 16.3. The molecule has 0 aliphatic carbocycles. The molecule has 0 amide bonds. The van der Waals surface area contributed by atoms with E-state index in [1.165, 1.54) is 0 Å². The maximum Gasteiger partial charge on any atom is 0.164 e. The van der Waals surface area contributed by atoms with Crippen LogP contribution in [0.5, 0.6) is 0 Å². The highest BCUT2D eigenvalue weighted by Gasteiger charge is 2.22. The van der Waals surface area contributed by atoms with Gasteiger partial charge in [0.25, 0.3) is 0 Å². The zero-order valence-electron chi connectivity index (χ0n) is 37.5. The summed E-state index contributed by atoms with van der Waals surface area (Å²) >= 11 is 0. The Hall–Kier alpha value is -9.39. The highest BCUT2D eigenvalue weighted by molar-refractivity contribution is 6.16. The van der Waals surface area contributed by atoms with Gasteiger partial charge in [0.1, 0.15) is 22.3 Å². The third kappa shape index (κ3) is 7.47. The number of rotatable bonds is 11. The van der Waals surface area contributed by atoms with Crippen LogP contribution in [-0.2, 0) is 0 Å². The van der Waals surface area contributed by atoms with E-state index in [0.717, 1.165) is 105 Å². The maximum atomic E-state index is 6.38. The molecule has 0 radical (unpaired) electrons. The van der Waals surface area contributed by atoms with Crippen LogP contribution < -0.4 is 0 Å². The fourth-order valence-electron chi connectivity index (χ4n) is 9.44. The van der Waals surface area contributed by atoms with Crippen molar-refractivity contribution in [3.63, 3.8) is 0 Å². The summed E-state index contributed by atoms with van der Waals surface area (Å²) in [6, 6.07) is 64.6. The fourth-order valence-corrected chi connectivity index (χ4v) is 9.44. The van der Waals surface area contributed by atoms with Crippen LogP contribution in [0.2, 0.25) is 0 Å². The summed E-state index contributed by atoms with van der Waals surface area (Å²) in [5, 5.41) is 6.28. The Morgan fingerprint density at radius 3 is 1.93 bits per heavy atom. The molecule has 326 valence electrons. The van der Waals surface area contributed by atoms with Crippen molar-refractivity contribution in [2.24, 2.45) is 0 Å². The summed E-state index contributed by atoms with van der Waals surface area (Å²) in [5.41, 5.74) is 12.6. The average Bonchev–Trinajstić information content (AvgIpc) is 4.09. The van der Waals surface area contributed by atoms with Gasteiger partial charge in [0, 0.05) is 54.6 Å². The second-order valence-electron chi connectivity index (χ2n) is 16.8. The highest BCUT2D eigenvalue weighted by Crippen LogP contribution is 2.41. The Balaban J connectivity index is 1.08. The minimum Gasteiger partial charge on any atom is -0.456 e. The number of fused-ring (bicyclic) bond motifs is 9. The predicted octanol–water partition coefficient (Wildman–Crippen LogP) is 16.7. The molecule has 8 aromatic carbocycles. The van der Waals surface area contributed by atoms with Gasteiger partial charge in [0.15, 0.2) is 17.5 Å². The van der Waals surface area contributed by atoms with E-state index in [0.29, 0.717) is 23.0 Å². The van der Waals surface area contributed by atoms with E-state index in [9.17, 15) is 0 Å². The molecule has 0 atom stereocenters. The lowest BCUT2D eigenvalue weighted by Gasteiger charge is -2.18. The number of hydrogen-bond donors (Lipinski definition) is 0. The van der Waals surface area contributed by atoms with Gasteiger partial charge in [-0.2, -0.15) is 0 Å². The zero-order chi connectivity index (χ0) is 46.3. The topological polar surface area (TPSA) is 69.9 Å². The van der Waals surface area contributed by atoms with Crippen molar-refractivity contribution in [1.29, 1.82) is 0 Å². The molecule has 0 saturated carbocycles. The van der Waals surface area contributed by atoms with Gasteiger partial charge < -0.3 is 13.4 Å². The molecule has 0 aliphatic heterocycles. The molecule has 0 fully saturated rings. The summed E-state index contributed by atoms with van der Waals surface area (Å²) in [6.07, 6.45) is 14.0. The monoisotopic (exact) mass is 886 g/mol. The number of hydrogen-bond acceptors (Lipinski definition) is 5. The lowest BCUT2D eigenvalue weighted by molar-refractivity contribution is 0.668. The first-order valence-electron chi connectivity index (χ1n) is 22.9. The molecule has 6 heteroatoms. The summed E-state index contributed by atoms with van der Waals surface area (Å²) < 4.78 is 15.1. The van der Waals surface area contributed by atoms with Crippen molar-refractivity contribution in [3.05, 3.63) is 255 Å². The smallest absolute Gasteiger partial charge is 0.164 e. The molecule has 12 rings (SSSR count). The first-order valence-corrected chi connectivity index (χ1v) is 22.9. The third-order valence-electron chi connectivity index (χ3n) is 12.6. The molecule has 0 N–H and O–H groups in total. The second-order valence-corrected chi connectivity index (χ2v) is 16.8. The Morgan fingerprint density at radius 1 is 0.464 bits per heavy atom.